The molecule has 0 atom stereocenters. The van der Waals surface area contributed by atoms with Gasteiger partial charge in [0, 0.05) is 5.56 Å². The third kappa shape index (κ3) is 4.42. The molecule has 0 bridgehead atoms. The Morgan fingerprint density at radius 3 is 2.19 bits per heavy atom. The Kier molecular flexibility index (Phi) is 6.46. The second-order valence-corrected chi connectivity index (χ2v) is 5.85. The SMILES string of the molecule is CCCCCCCCCc1ccc(C=O)c2ccccc12. The lowest BCUT2D eigenvalue weighted by molar-refractivity contribution is 0.112. The van der Waals surface area contributed by atoms with Gasteiger partial charge in [-0.25, -0.2) is 0 Å². The number of carbonyl (C=O) groups is 1. The number of hydrogen-bond acceptors (Lipinski definition) is 1. The smallest absolute Gasteiger partial charge is 0.150 e. The molecule has 0 aliphatic rings. The van der Waals surface area contributed by atoms with E-state index >= 15 is 0 Å². The van der Waals surface area contributed by atoms with E-state index in [1.165, 1.54) is 55.9 Å². The minimum Gasteiger partial charge on any atom is -0.298 e. The van der Waals surface area contributed by atoms with E-state index in [1.807, 2.05) is 18.2 Å². The van der Waals surface area contributed by atoms with Gasteiger partial charge in [-0.05, 0) is 29.2 Å². The molecule has 0 amide bonds. The average Bonchev–Trinajstić information content (AvgIpc) is 2.54. The zero-order chi connectivity index (χ0) is 14.9. The molecule has 112 valence electrons. The maximum absolute atomic E-state index is 11.1. The van der Waals surface area contributed by atoms with E-state index < -0.39 is 0 Å². The van der Waals surface area contributed by atoms with Gasteiger partial charge in [0.25, 0.3) is 0 Å². The number of unbranched alkanes of at least 4 members (excludes halogenated alkanes) is 6. The molecule has 0 fully saturated rings. The lowest BCUT2D eigenvalue weighted by atomic mass is 9.96. The Labute approximate surface area is 128 Å². The van der Waals surface area contributed by atoms with Crippen molar-refractivity contribution in [2.45, 2.75) is 58.3 Å². The van der Waals surface area contributed by atoms with Crippen molar-refractivity contribution in [2.24, 2.45) is 0 Å². The van der Waals surface area contributed by atoms with Crippen molar-refractivity contribution < 1.29 is 4.79 Å². The number of fused-ring (bicyclic) bond motifs is 1. The van der Waals surface area contributed by atoms with E-state index in [0.29, 0.717) is 0 Å². The van der Waals surface area contributed by atoms with Crippen molar-refractivity contribution in [3.63, 3.8) is 0 Å². The van der Waals surface area contributed by atoms with E-state index in [9.17, 15) is 4.79 Å². The Balaban J connectivity index is 1.92. The van der Waals surface area contributed by atoms with Crippen LogP contribution >= 0.6 is 0 Å². The summed E-state index contributed by atoms with van der Waals surface area (Å²) in [6.45, 7) is 2.26. The summed E-state index contributed by atoms with van der Waals surface area (Å²) in [5, 5.41) is 2.33. The summed E-state index contributed by atoms with van der Waals surface area (Å²) in [7, 11) is 0. The number of benzene rings is 2. The second-order valence-electron chi connectivity index (χ2n) is 5.85. The number of carbonyl (C=O) groups excluding carboxylic acids is 1. The molecule has 0 saturated heterocycles. The maximum atomic E-state index is 11.1. The van der Waals surface area contributed by atoms with Gasteiger partial charge in [0.15, 0.2) is 6.29 Å². The first kappa shape index (κ1) is 15.8. The lowest BCUT2D eigenvalue weighted by Gasteiger charge is -2.08. The first-order valence-corrected chi connectivity index (χ1v) is 8.32. The average molecular weight is 282 g/mol. The number of hydrogen-bond donors (Lipinski definition) is 0. The van der Waals surface area contributed by atoms with E-state index in [4.69, 9.17) is 0 Å². The Hall–Kier alpha value is -1.63. The molecule has 0 spiro atoms. The van der Waals surface area contributed by atoms with Gasteiger partial charge in [0.1, 0.15) is 0 Å². The molecular weight excluding hydrogens is 256 g/mol. The van der Waals surface area contributed by atoms with Gasteiger partial charge >= 0.3 is 0 Å². The van der Waals surface area contributed by atoms with Crippen LogP contribution in [0.15, 0.2) is 36.4 Å². The Morgan fingerprint density at radius 1 is 0.810 bits per heavy atom. The molecule has 1 nitrogen and oxygen atoms in total. The highest BCUT2D eigenvalue weighted by atomic mass is 16.1. The van der Waals surface area contributed by atoms with Gasteiger partial charge in [-0.1, -0.05) is 81.8 Å². The van der Waals surface area contributed by atoms with Crippen LogP contribution in [0.3, 0.4) is 0 Å². The largest absolute Gasteiger partial charge is 0.298 e. The summed E-state index contributed by atoms with van der Waals surface area (Å²) >= 11 is 0. The fourth-order valence-electron chi connectivity index (χ4n) is 2.98. The minimum atomic E-state index is 0.800. The fourth-order valence-corrected chi connectivity index (χ4v) is 2.98. The van der Waals surface area contributed by atoms with Gasteiger partial charge < -0.3 is 0 Å². The second kappa shape index (κ2) is 8.61. The predicted molar refractivity (Wildman–Crippen MR) is 91.0 cm³/mol. The van der Waals surface area contributed by atoms with Crippen LogP contribution in [0.4, 0.5) is 0 Å². The Bertz CT molecular complexity index is 571. The number of aldehydes is 1. The van der Waals surface area contributed by atoms with E-state index in [2.05, 4.69) is 25.1 Å². The van der Waals surface area contributed by atoms with Crippen LogP contribution in [0, 0.1) is 0 Å². The van der Waals surface area contributed by atoms with Gasteiger partial charge in [-0.15, -0.1) is 0 Å². The van der Waals surface area contributed by atoms with Crippen molar-refractivity contribution in [3.05, 3.63) is 47.5 Å². The van der Waals surface area contributed by atoms with Gasteiger partial charge in [-0.3, -0.25) is 4.79 Å². The Morgan fingerprint density at radius 2 is 1.48 bits per heavy atom. The molecule has 0 N–H and O–H groups in total. The summed E-state index contributed by atoms with van der Waals surface area (Å²) in [6, 6.07) is 12.3. The van der Waals surface area contributed by atoms with Crippen LogP contribution < -0.4 is 0 Å². The van der Waals surface area contributed by atoms with E-state index in [1.54, 1.807) is 0 Å². The third-order valence-electron chi connectivity index (χ3n) is 4.22. The highest BCUT2D eigenvalue weighted by Gasteiger charge is 2.04. The van der Waals surface area contributed by atoms with Crippen LogP contribution in [-0.2, 0) is 6.42 Å². The molecule has 0 unspecified atom stereocenters. The predicted octanol–water partition coefficient (Wildman–Crippen LogP) is 5.95. The van der Waals surface area contributed by atoms with Gasteiger partial charge in [0.2, 0.25) is 0 Å². The molecule has 0 heterocycles. The molecule has 2 aromatic carbocycles. The molecule has 1 heteroatoms. The highest BCUT2D eigenvalue weighted by molar-refractivity contribution is 5.99. The molecule has 0 aliphatic carbocycles. The highest BCUT2D eigenvalue weighted by Crippen LogP contribution is 2.23. The lowest BCUT2D eigenvalue weighted by Crippen LogP contribution is -1.92. The maximum Gasteiger partial charge on any atom is 0.150 e. The first-order chi connectivity index (χ1) is 10.4. The molecule has 0 aliphatic heterocycles. The van der Waals surface area contributed by atoms with Gasteiger partial charge in [-0.2, -0.15) is 0 Å². The summed E-state index contributed by atoms with van der Waals surface area (Å²) in [5.74, 6) is 0. The normalized spacial score (nSPS) is 10.9. The fraction of sp³-hybridized carbons (Fsp3) is 0.450. The first-order valence-electron chi connectivity index (χ1n) is 8.32. The molecule has 0 radical (unpaired) electrons. The van der Waals surface area contributed by atoms with Crippen molar-refractivity contribution >= 4 is 17.1 Å². The topological polar surface area (TPSA) is 17.1 Å². The van der Waals surface area contributed by atoms with Crippen molar-refractivity contribution in [2.75, 3.05) is 0 Å². The third-order valence-corrected chi connectivity index (χ3v) is 4.22. The number of aryl methyl sites for hydroxylation is 1. The zero-order valence-electron chi connectivity index (χ0n) is 13.1. The minimum absolute atomic E-state index is 0.800. The monoisotopic (exact) mass is 282 g/mol. The molecule has 0 aromatic heterocycles. The van der Waals surface area contributed by atoms with Crippen molar-refractivity contribution in [1.82, 2.24) is 0 Å². The quantitative estimate of drug-likeness (QED) is 0.410. The van der Waals surface area contributed by atoms with Crippen LogP contribution in [0.5, 0.6) is 0 Å². The van der Waals surface area contributed by atoms with Gasteiger partial charge in [0.05, 0.1) is 0 Å². The molecule has 2 aromatic rings. The molecule has 21 heavy (non-hydrogen) atoms. The van der Waals surface area contributed by atoms with Crippen molar-refractivity contribution in [3.8, 4) is 0 Å². The zero-order valence-corrected chi connectivity index (χ0v) is 13.1. The van der Waals surface area contributed by atoms with E-state index in [-0.39, 0.29) is 0 Å². The summed E-state index contributed by atoms with van der Waals surface area (Å²) < 4.78 is 0. The molecule has 2 rings (SSSR count). The molecular formula is C20H26O. The van der Waals surface area contributed by atoms with Crippen LogP contribution in [0.1, 0.15) is 67.8 Å². The summed E-state index contributed by atoms with van der Waals surface area (Å²) in [5.41, 5.74) is 2.18. The number of rotatable bonds is 9. The van der Waals surface area contributed by atoms with E-state index in [0.717, 1.165) is 23.7 Å². The molecule has 0 saturated carbocycles. The standard InChI is InChI=1S/C20H26O/c1-2-3-4-5-6-7-8-11-17-14-15-18(16-21)20-13-10-9-12-19(17)20/h9-10,12-16H,2-8,11H2,1H3. The summed E-state index contributed by atoms with van der Waals surface area (Å²) in [4.78, 5) is 11.1. The van der Waals surface area contributed by atoms with Crippen LogP contribution in [0.2, 0.25) is 0 Å². The van der Waals surface area contributed by atoms with Crippen molar-refractivity contribution in [1.29, 1.82) is 0 Å². The van der Waals surface area contributed by atoms with Crippen LogP contribution in [0.25, 0.3) is 10.8 Å². The summed E-state index contributed by atoms with van der Waals surface area (Å²) in [6.07, 6.45) is 11.4. The van der Waals surface area contributed by atoms with Crippen LogP contribution in [-0.4, -0.2) is 6.29 Å².